The van der Waals surface area contributed by atoms with Crippen molar-refractivity contribution in [1.82, 2.24) is 10.1 Å². The Morgan fingerprint density at radius 3 is 2.50 bits per heavy atom. The Kier molecular flexibility index (Phi) is 3.35. The number of carbonyl (C=O) groups excluding carboxylic acids is 1. The van der Waals surface area contributed by atoms with Crippen molar-refractivity contribution < 1.29 is 14.1 Å². The van der Waals surface area contributed by atoms with E-state index in [0.29, 0.717) is 12.1 Å². The molecular formula is C9H14N2O3. The van der Waals surface area contributed by atoms with Crippen LogP contribution in [-0.4, -0.2) is 23.5 Å². The van der Waals surface area contributed by atoms with Crippen LogP contribution in [0.1, 0.15) is 43.2 Å². The Morgan fingerprint density at radius 2 is 2.14 bits per heavy atom. The zero-order chi connectivity index (χ0) is 10.6. The maximum Gasteiger partial charge on any atom is 0.290 e. The van der Waals surface area contributed by atoms with Crippen LogP contribution in [0.5, 0.6) is 0 Å². The molecule has 0 aromatic carbocycles. The van der Waals surface area contributed by atoms with E-state index in [1.165, 1.54) is 0 Å². The third kappa shape index (κ3) is 1.68. The first-order valence-corrected chi connectivity index (χ1v) is 4.57. The van der Waals surface area contributed by atoms with Gasteiger partial charge in [-0.2, -0.15) is 4.98 Å². The minimum absolute atomic E-state index is 0.0108. The Balaban J connectivity index is 3.04. The molecule has 1 heterocycles. The zero-order valence-electron chi connectivity index (χ0n) is 8.61. The number of nitrogens with zero attached hydrogens (tertiary/aromatic N) is 2. The quantitative estimate of drug-likeness (QED) is 0.671. The van der Waals surface area contributed by atoms with E-state index in [-0.39, 0.29) is 5.89 Å². The third-order valence-electron chi connectivity index (χ3n) is 2.48. The Morgan fingerprint density at radius 1 is 1.50 bits per heavy atom. The van der Waals surface area contributed by atoms with E-state index < -0.39 is 5.60 Å². The van der Waals surface area contributed by atoms with E-state index in [1.807, 2.05) is 13.8 Å². The average Bonchev–Trinajstić information content (AvgIpc) is 2.71. The van der Waals surface area contributed by atoms with Crippen molar-refractivity contribution in [3.05, 3.63) is 11.7 Å². The molecule has 5 nitrogen and oxygen atoms in total. The molecule has 78 valence electrons. The summed E-state index contributed by atoms with van der Waals surface area (Å²) < 4.78 is 10.1. The number of aldehydes is 1. The lowest BCUT2D eigenvalue weighted by molar-refractivity contribution is -0.0306. The van der Waals surface area contributed by atoms with Gasteiger partial charge >= 0.3 is 0 Å². The van der Waals surface area contributed by atoms with E-state index >= 15 is 0 Å². The SMILES string of the molecule is CCC(CC)(OC)c1noc(C=O)n1. The maximum absolute atomic E-state index is 10.4. The van der Waals surface area contributed by atoms with Crippen molar-refractivity contribution in [1.29, 1.82) is 0 Å². The first kappa shape index (κ1) is 10.8. The Hall–Kier alpha value is -1.23. The molecule has 0 aliphatic carbocycles. The number of aromatic nitrogens is 2. The van der Waals surface area contributed by atoms with E-state index in [2.05, 4.69) is 10.1 Å². The molecule has 0 bridgehead atoms. The molecule has 0 saturated heterocycles. The summed E-state index contributed by atoms with van der Waals surface area (Å²) in [6, 6.07) is 0. The molecule has 0 atom stereocenters. The predicted molar refractivity (Wildman–Crippen MR) is 49.0 cm³/mol. The monoisotopic (exact) mass is 198 g/mol. The summed E-state index contributed by atoms with van der Waals surface area (Å²) in [4.78, 5) is 14.3. The number of carbonyl (C=O) groups is 1. The van der Waals surface area contributed by atoms with E-state index in [0.717, 1.165) is 12.8 Å². The molecule has 1 rings (SSSR count). The highest BCUT2D eigenvalue weighted by Gasteiger charge is 2.33. The molecule has 0 radical (unpaired) electrons. The molecule has 0 saturated carbocycles. The number of rotatable bonds is 5. The summed E-state index contributed by atoms with van der Waals surface area (Å²) >= 11 is 0. The van der Waals surface area contributed by atoms with Crippen LogP contribution in [-0.2, 0) is 10.3 Å². The summed E-state index contributed by atoms with van der Waals surface area (Å²) in [5.74, 6) is 0.426. The summed E-state index contributed by atoms with van der Waals surface area (Å²) in [7, 11) is 1.60. The standard InChI is InChI=1S/C9H14N2O3/c1-4-9(5-2,13-3)8-10-7(6-12)14-11-8/h6H,4-5H2,1-3H3. The van der Waals surface area contributed by atoms with Crippen molar-refractivity contribution >= 4 is 6.29 Å². The van der Waals surface area contributed by atoms with Crippen LogP contribution < -0.4 is 0 Å². The highest BCUT2D eigenvalue weighted by Crippen LogP contribution is 2.29. The molecule has 0 aliphatic heterocycles. The van der Waals surface area contributed by atoms with Crippen molar-refractivity contribution in [2.24, 2.45) is 0 Å². The molecule has 0 N–H and O–H groups in total. The second-order valence-corrected chi connectivity index (χ2v) is 2.98. The zero-order valence-corrected chi connectivity index (χ0v) is 8.61. The second kappa shape index (κ2) is 4.32. The number of methoxy groups -OCH3 is 1. The second-order valence-electron chi connectivity index (χ2n) is 2.98. The predicted octanol–water partition coefficient (Wildman–Crippen LogP) is 1.54. The lowest BCUT2D eigenvalue weighted by Gasteiger charge is -2.25. The highest BCUT2D eigenvalue weighted by atomic mass is 16.5. The number of hydrogen-bond acceptors (Lipinski definition) is 5. The van der Waals surface area contributed by atoms with Crippen LogP contribution in [0.2, 0.25) is 0 Å². The lowest BCUT2D eigenvalue weighted by Crippen LogP contribution is -2.28. The van der Waals surface area contributed by atoms with Gasteiger partial charge in [-0.25, -0.2) is 0 Å². The largest absolute Gasteiger partial charge is 0.370 e. The van der Waals surface area contributed by atoms with Crippen LogP contribution in [0.3, 0.4) is 0 Å². The normalized spacial score (nSPS) is 11.6. The molecule has 0 unspecified atom stereocenters. The van der Waals surface area contributed by atoms with Gasteiger partial charge in [0.25, 0.3) is 5.89 Å². The smallest absolute Gasteiger partial charge is 0.290 e. The number of ether oxygens (including phenoxy) is 1. The first-order valence-electron chi connectivity index (χ1n) is 4.57. The van der Waals surface area contributed by atoms with E-state index in [4.69, 9.17) is 9.26 Å². The van der Waals surface area contributed by atoms with Gasteiger partial charge in [0, 0.05) is 7.11 Å². The third-order valence-corrected chi connectivity index (χ3v) is 2.48. The Bertz CT molecular complexity index is 296. The van der Waals surface area contributed by atoms with Gasteiger partial charge in [-0.3, -0.25) is 4.79 Å². The van der Waals surface area contributed by atoms with Gasteiger partial charge in [-0.15, -0.1) is 0 Å². The van der Waals surface area contributed by atoms with Gasteiger partial charge < -0.3 is 9.26 Å². The molecule has 1 aromatic rings. The number of hydrogen-bond donors (Lipinski definition) is 0. The van der Waals surface area contributed by atoms with Crippen molar-refractivity contribution in [2.45, 2.75) is 32.3 Å². The summed E-state index contributed by atoms with van der Waals surface area (Å²) in [6.07, 6.45) is 2.00. The fourth-order valence-electron chi connectivity index (χ4n) is 1.41. The molecule has 0 aliphatic rings. The van der Waals surface area contributed by atoms with Gasteiger partial charge in [-0.05, 0) is 12.8 Å². The fraction of sp³-hybridized carbons (Fsp3) is 0.667. The molecular weight excluding hydrogens is 184 g/mol. The van der Waals surface area contributed by atoms with E-state index in [1.54, 1.807) is 7.11 Å². The van der Waals surface area contributed by atoms with Gasteiger partial charge in [0.15, 0.2) is 0 Å². The summed E-state index contributed by atoms with van der Waals surface area (Å²) in [5, 5.41) is 3.73. The highest BCUT2D eigenvalue weighted by molar-refractivity contribution is 5.67. The van der Waals surface area contributed by atoms with Crippen LogP contribution in [0.15, 0.2) is 4.52 Å². The van der Waals surface area contributed by atoms with Gasteiger partial charge in [0.05, 0.1) is 0 Å². The van der Waals surface area contributed by atoms with Crippen LogP contribution in [0.4, 0.5) is 0 Å². The molecule has 0 fully saturated rings. The van der Waals surface area contributed by atoms with Crippen LogP contribution in [0.25, 0.3) is 0 Å². The minimum Gasteiger partial charge on any atom is -0.370 e. The minimum atomic E-state index is -0.537. The molecule has 14 heavy (non-hydrogen) atoms. The molecule has 0 spiro atoms. The maximum atomic E-state index is 10.4. The van der Waals surface area contributed by atoms with Gasteiger partial charge in [0.2, 0.25) is 12.1 Å². The summed E-state index contributed by atoms with van der Waals surface area (Å²) in [5.41, 5.74) is -0.537. The van der Waals surface area contributed by atoms with Crippen molar-refractivity contribution in [3.8, 4) is 0 Å². The van der Waals surface area contributed by atoms with E-state index in [9.17, 15) is 4.79 Å². The Labute approximate surface area is 82.4 Å². The molecule has 0 amide bonds. The molecule has 5 heteroatoms. The topological polar surface area (TPSA) is 65.2 Å². The first-order chi connectivity index (χ1) is 6.72. The van der Waals surface area contributed by atoms with Gasteiger partial charge in [-0.1, -0.05) is 19.0 Å². The van der Waals surface area contributed by atoms with Crippen LogP contribution in [0, 0.1) is 0 Å². The molecule has 1 aromatic heterocycles. The van der Waals surface area contributed by atoms with Gasteiger partial charge in [0.1, 0.15) is 5.60 Å². The average molecular weight is 198 g/mol. The van der Waals surface area contributed by atoms with Crippen LogP contribution >= 0.6 is 0 Å². The van der Waals surface area contributed by atoms with Crippen molar-refractivity contribution in [2.75, 3.05) is 7.11 Å². The fourth-order valence-corrected chi connectivity index (χ4v) is 1.41. The summed E-state index contributed by atoms with van der Waals surface area (Å²) in [6.45, 7) is 3.95. The van der Waals surface area contributed by atoms with Crippen molar-refractivity contribution in [3.63, 3.8) is 0 Å². The lowest BCUT2D eigenvalue weighted by atomic mass is 9.96.